The average Bonchev–Trinajstić information content (AvgIpc) is 2.65. The van der Waals surface area contributed by atoms with E-state index >= 15 is 0 Å². The normalized spacial score (nSPS) is 15.9. The van der Waals surface area contributed by atoms with Crippen LogP contribution in [0.4, 0.5) is 14.5 Å². The van der Waals surface area contributed by atoms with Gasteiger partial charge in [-0.2, -0.15) is 0 Å². The van der Waals surface area contributed by atoms with Gasteiger partial charge in [0.1, 0.15) is 0 Å². The lowest BCUT2D eigenvalue weighted by Crippen LogP contribution is -2.46. The van der Waals surface area contributed by atoms with Crippen LogP contribution in [0.1, 0.15) is 18.9 Å². The van der Waals surface area contributed by atoms with Crippen molar-refractivity contribution in [3.05, 3.63) is 58.5 Å². The Labute approximate surface area is 157 Å². The molecule has 2 heterocycles. The second-order valence-electron chi connectivity index (χ2n) is 7.01. The van der Waals surface area contributed by atoms with Crippen LogP contribution < -0.4 is 10.5 Å². The third kappa shape index (κ3) is 4.86. The molecule has 0 atom stereocenters. The Morgan fingerprint density at radius 2 is 1.81 bits per heavy atom. The predicted octanol–water partition coefficient (Wildman–Crippen LogP) is 2.88. The SMILES string of the molecule is CC(F)(F)c1cccc(N2CCN(CCCn3cccc(O)c3=O)CC2)c1. The fourth-order valence-electron chi connectivity index (χ4n) is 3.37. The molecular weight excluding hydrogens is 352 g/mol. The lowest BCUT2D eigenvalue weighted by atomic mass is 10.1. The molecule has 1 aliphatic heterocycles. The van der Waals surface area contributed by atoms with Crippen molar-refractivity contribution in [2.75, 3.05) is 37.6 Å². The summed E-state index contributed by atoms with van der Waals surface area (Å²) in [4.78, 5) is 16.2. The van der Waals surface area contributed by atoms with Gasteiger partial charge in [0.15, 0.2) is 5.75 Å². The quantitative estimate of drug-likeness (QED) is 0.841. The van der Waals surface area contributed by atoms with Gasteiger partial charge in [0.05, 0.1) is 0 Å². The van der Waals surface area contributed by atoms with Crippen molar-refractivity contribution in [3.8, 4) is 5.75 Å². The van der Waals surface area contributed by atoms with Gasteiger partial charge in [-0.25, -0.2) is 8.78 Å². The fraction of sp³-hybridized carbons (Fsp3) is 0.450. The van der Waals surface area contributed by atoms with Gasteiger partial charge >= 0.3 is 0 Å². The van der Waals surface area contributed by atoms with Crippen molar-refractivity contribution in [3.63, 3.8) is 0 Å². The molecule has 0 radical (unpaired) electrons. The van der Waals surface area contributed by atoms with Gasteiger partial charge in [0.2, 0.25) is 0 Å². The van der Waals surface area contributed by atoms with Crippen molar-refractivity contribution in [2.24, 2.45) is 0 Å². The lowest BCUT2D eigenvalue weighted by molar-refractivity contribution is 0.0175. The lowest BCUT2D eigenvalue weighted by Gasteiger charge is -2.36. The van der Waals surface area contributed by atoms with Gasteiger partial charge in [0.25, 0.3) is 11.5 Å². The van der Waals surface area contributed by atoms with Crippen LogP contribution in [-0.2, 0) is 12.5 Å². The van der Waals surface area contributed by atoms with Gasteiger partial charge < -0.3 is 14.6 Å². The number of hydrogen-bond acceptors (Lipinski definition) is 4. The second-order valence-corrected chi connectivity index (χ2v) is 7.01. The van der Waals surface area contributed by atoms with E-state index in [1.54, 1.807) is 24.4 Å². The van der Waals surface area contributed by atoms with E-state index in [1.165, 1.54) is 16.7 Å². The van der Waals surface area contributed by atoms with Gasteiger partial charge in [0, 0.05) is 57.1 Å². The topological polar surface area (TPSA) is 48.7 Å². The minimum Gasteiger partial charge on any atom is -0.503 e. The molecule has 0 spiro atoms. The van der Waals surface area contributed by atoms with Gasteiger partial charge in [-0.15, -0.1) is 0 Å². The number of nitrogens with zero attached hydrogens (tertiary/aromatic N) is 3. The molecule has 0 bridgehead atoms. The highest BCUT2D eigenvalue weighted by Gasteiger charge is 2.25. The molecule has 0 unspecified atom stereocenters. The number of benzene rings is 1. The third-order valence-corrected chi connectivity index (χ3v) is 4.96. The predicted molar refractivity (Wildman–Crippen MR) is 102 cm³/mol. The van der Waals surface area contributed by atoms with Crippen LogP contribution in [0.25, 0.3) is 0 Å². The maximum Gasteiger partial charge on any atom is 0.292 e. The molecular formula is C20H25F2N3O2. The molecule has 0 aliphatic carbocycles. The number of aromatic hydroxyl groups is 1. The number of pyridine rings is 1. The van der Waals surface area contributed by atoms with E-state index in [2.05, 4.69) is 9.80 Å². The summed E-state index contributed by atoms with van der Waals surface area (Å²) in [6.45, 7) is 5.59. The van der Waals surface area contributed by atoms with Crippen LogP contribution in [0.15, 0.2) is 47.4 Å². The molecule has 7 heteroatoms. The molecule has 27 heavy (non-hydrogen) atoms. The average molecular weight is 377 g/mol. The Morgan fingerprint density at radius 3 is 2.52 bits per heavy atom. The standard InChI is InChI=1S/C20H25F2N3O2/c1-20(21,22)16-5-2-6-17(15-16)24-13-11-23(12-14-24)8-4-10-25-9-3-7-18(26)19(25)27/h2-3,5-7,9,15,26H,4,8,10-14H2,1H3. The number of piperazine rings is 1. The minimum atomic E-state index is -2.83. The molecule has 146 valence electrons. The van der Waals surface area contributed by atoms with E-state index in [0.717, 1.165) is 51.8 Å². The zero-order valence-corrected chi connectivity index (χ0v) is 15.4. The molecule has 1 aliphatic rings. The van der Waals surface area contributed by atoms with Crippen LogP contribution in [0.2, 0.25) is 0 Å². The van der Waals surface area contributed by atoms with Gasteiger partial charge in [-0.1, -0.05) is 12.1 Å². The zero-order chi connectivity index (χ0) is 19.4. The first kappa shape index (κ1) is 19.4. The molecule has 0 amide bonds. The number of aromatic nitrogens is 1. The highest BCUT2D eigenvalue weighted by molar-refractivity contribution is 5.49. The van der Waals surface area contributed by atoms with Gasteiger partial charge in [-0.3, -0.25) is 9.69 Å². The minimum absolute atomic E-state index is 0.0407. The van der Waals surface area contributed by atoms with Crippen molar-refractivity contribution in [1.82, 2.24) is 9.47 Å². The number of alkyl halides is 2. The summed E-state index contributed by atoms with van der Waals surface area (Å²) in [5, 5.41) is 9.46. The number of hydrogen-bond donors (Lipinski definition) is 1. The molecule has 5 nitrogen and oxygen atoms in total. The summed E-state index contributed by atoms with van der Waals surface area (Å²) in [6.07, 6.45) is 2.48. The van der Waals surface area contributed by atoms with E-state index in [0.29, 0.717) is 6.54 Å². The maximum atomic E-state index is 13.5. The highest BCUT2D eigenvalue weighted by atomic mass is 19.3. The Morgan fingerprint density at radius 1 is 1.07 bits per heavy atom. The summed E-state index contributed by atoms with van der Waals surface area (Å²) in [6, 6.07) is 9.64. The summed E-state index contributed by atoms with van der Waals surface area (Å²) in [7, 11) is 0. The largest absolute Gasteiger partial charge is 0.503 e. The molecule has 1 saturated heterocycles. The Hall–Kier alpha value is -2.41. The first-order valence-corrected chi connectivity index (χ1v) is 9.19. The van der Waals surface area contributed by atoms with Crippen LogP contribution in [0, 0.1) is 0 Å². The molecule has 1 aromatic carbocycles. The molecule has 1 aromatic heterocycles. The molecule has 1 fully saturated rings. The zero-order valence-electron chi connectivity index (χ0n) is 15.4. The first-order valence-electron chi connectivity index (χ1n) is 9.19. The first-order chi connectivity index (χ1) is 12.8. The van der Waals surface area contributed by atoms with E-state index in [-0.39, 0.29) is 16.9 Å². The van der Waals surface area contributed by atoms with Crippen molar-refractivity contribution in [1.29, 1.82) is 0 Å². The van der Waals surface area contributed by atoms with E-state index in [4.69, 9.17) is 0 Å². The summed E-state index contributed by atoms with van der Waals surface area (Å²) in [5.41, 5.74) is 0.508. The van der Waals surface area contributed by atoms with E-state index in [1.807, 2.05) is 6.07 Å². The van der Waals surface area contributed by atoms with Crippen LogP contribution in [0.5, 0.6) is 5.75 Å². The van der Waals surface area contributed by atoms with E-state index in [9.17, 15) is 18.7 Å². The van der Waals surface area contributed by atoms with Crippen molar-refractivity contribution in [2.45, 2.75) is 25.8 Å². The second kappa shape index (κ2) is 8.08. The third-order valence-electron chi connectivity index (χ3n) is 4.96. The smallest absolute Gasteiger partial charge is 0.292 e. The maximum absolute atomic E-state index is 13.5. The fourth-order valence-corrected chi connectivity index (χ4v) is 3.37. The van der Waals surface area contributed by atoms with E-state index < -0.39 is 5.92 Å². The molecule has 2 aromatic rings. The molecule has 3 rings (SSSR count). The summed E-state index contributed by atoms with van der Waals surface area (Å²) in [5.74, 6) is -3.06. The number of rotatable bonds is 6. The molecule has 1 N–H and O–H groups in total. The molecule has 0 saturated carbocycles. The Balaban J connectivity index is 1.49. The van der Waals surface area contributed by atoms with Crippen molar-refractivity contribution >= 4 is 5.69 Å². The van der Waals surface area contributed by atoms with Gasteiger partial charge in [-0.05, 0) is 37.2 Å². The summed E-state index contributed by atoms with van der Waals surface area (Å²) >= 11 is 0. The number of aryl methyl sites for hydroxylation is 1. The highest BCUT2D eigenvalue weighted by Crippen LogP contribution is 2.30. The Kier molecular flexibility index (Phi) is 5.79. The Bertz CT molecular complexity index is 824. The summed E-state index contributed by atoms with van der Waals surface area (Å²) < 4.78 is 28.6. The van der Waals surface area contributed by atoms with Crippen LogP contribution in [0.3, 0.4) is 0 Å². The van der Waals surface area contributed by atoms with Crippen LogP contribution >= 0.6 is 0 Å². The monoisotopic (exact) mass is 377 g/mol. The van der Waals surface area contributed by atoms with Crippen LogP contribution in [-0.4, -0.2) is 47.3 Å². The number of anilines is 1. The number of halogens is 2. The van der Waals surface area contributed by atoms with Crippen molar-refractivity contribution < 1.29 is 13.9 Å².